The summed E-state index contributed by atoms with van der Waals surface area (Å²) in [4.78, 5) is 11.8. The second-order valence-electron chi connectivity index (χ2n) is 3.26. The lowest BCUT2D eigenvalue weighted by Gasteiger charge is -2.05. The summed E-state index contributed by atoms with van der Waals surface area (Å²) in [7, 11) is 0. The van der Waals surface area contributed by atoms with Crippen LogP contribution in [0.5, 0.6) is 0 Å². The van der Waals surface area contributed by atoms with E-state index in [1.165, 1.54) is 0 Å². The van der Waals surface area contributed by atoms with Crippen molar-refractivity contribution in [3.63, 3.8) is 0 Å². The van der Waals surface area contributed by atoms with Crippen molar-refractivity contribution in [2.45, 2.75) is 26.7 Å². The molecule has 0 aliphatic heterocycles. The largest absolute Gasteiger partial charge is 0.294 e. The van der Waals surface area contributed by atoms with Crippen molar-refractivity contribution in [2.75, 3.05) is 0 Å². The van der Waals surface area contributed by atoms with E-state index >= 15 is 0 Å². The molecule has 1 nitrogen and oxygen atoms in total. The van der Waals surface area contributed by atoms with Crippen LogP contribution in [0.2, 0.25) is 0 Å². The molecular weight excluding hydrogens is 252 g/mol. The van der Waals surface area contributed by atoms with E-state index in [1.54, 1.807) is 6.92 Å². The lowest BCUT2D eigenvalue weighted by molar-refractivity contribution is 0.0983. The minimum Gasteiger partial charge on any atom is -0.294 e. The van der Waals surface area contributed by atoms with Gasteiger partial charge in [0.1, 0.15) is 0 Å². The first-order chi connectivity index (χ1) is 7.16. The van der Waals surface area contributed by atoms with Gasteiger partial charge in [-0.2, -0.15) is 0 Å². The molecule has 1 aromatic carbocycles. The van der Waals surface area contributed by atoms with Gasteiger partial charge in [-0.3, -0.25) is 4.79 Å². The number of benzene rings is 1. The van der Waals surface area contributed by atoms with Crippen LogP contribution in [-0.4, -0.2) is 5.78 Å². The van der Waals surface area contributed by atoms with Crippen LogP contribution in [0.3, 0.4) is 0 Å². The highest BCUT2D eigenvalue weighted by molar-refractivity contribution is 9.10. The van der Waals surface area contributed by atoms with Crippen molar-refractivity contribution < 1.29 is 4.79 Å². The summed E-state index contributed by atoms with van der Waals surface area (Å²) in [6.45, 7) is 3.73. The van der Waals surface area contributed by atoms with Crippen molar-refractivity contribution in [1.82, 2.24) is 0 Å². The zero-order valence-corrected chi connectivity index (χ0v) is 10.5. The Balaban J connectivity index is 2.81. The van der Waals surface area contributed by atoms with Crippen LogP contribution in [0.1, 0.15) is 35.7 Å². The smallest absolute Gasteiger partial charge is 0.164 e. The van der Waals surface area contributed by atoms with Crippen LogP contribution in [0.15, 0.2) is 22.7 Å². The molecule has 78 valence electrons. The number of halogens is 1. The summed E-state index contributed by atoms with van der Waals surface area (Å²) in [6, 6.07) is 5.69. The molecule has 0 aliphatic rings. The van der Waals surface area contributed by atoms with E-state index in [0.29, 0.717) is 12.8 Å². The summed E-state index contributed by atoms with van der Waals surface area (Å²) in [5, 5.41) is 0. The molecule has 0 heterocycles. The maximum Gasteiger partial charge on any atom is 0.164 e. The normalized spacial score (nSPS) is 9.27. The van der Waals surface area contributed by atoms with Gasteiger partial charge < -0.3 is 0 Å². The summed E-state index contributed by atoms with van der Waals surface area (Å²) in [6.07, 6.45) is 1.14. The molecule has 0 N–H and O–H groups in total. The van der Waals surface area contributed by atoms with Gasteiger partial charge in [-0.05, 0) is 25.5 Å². The van der Waals surface area contributed by atoms with Gasteiger partial charge in [0.05, 0.1) is 0 Å². The maximum absolute atomic E-state index is 11.8. The van der Waals surface area contributed by atoms with Crippen molar-refractivity contribution in [1.29, 1.82) is 0 Å². The Kier molecular flexibility index (Phi) is 4.58. The molecule has 0 amide bonds. The van der Waals surface area contributed by atoms with Crippen LogP contribution in [-0.2, 0) is 0 Å². The second kappa shape index (κ2) is 5.72. The van der Waals surface area contributed by atoms with Crippen LogP contribution in [0.4, 0.5) is 0 Å². The zero-order valence-electron chi connectivity index (χ0n) is 8.93. The number of rotatable bonds is 3. The van der Waals surface area contributed by atoms with Gasteiger partial charge in [-0.15, -0.1) is 11.8 Å². The number of hydrogen-bond acceptors (Lipinski definition) is 1. The summed E-state index contributed by atoms with van der Waals surface area (Å²) < 4.78 is 0.981. The average Bonchev–Trinajstić information content (AvgIpc) is 2.22. The van der Waals surface area contributed by atoms with Gasteiger partial charge in [0.2, 0.25) is 0 Å². The Hall–Kier alpha value is -1.07. The molecule has 1 rings (SSSR count). The zero-order chi connectivity index (χ0) is 11.3. The van der Waals surface area contributed by atoms with Gasteiger partial charge in [0, 0.05) is 22.9 Å². The monoisotopic (exact) mass is 264 g/mol. The van der Waals surface area contributed by atoms with Crippen molar-refractivity contribution in [3.8, 4) is 11.8 Å². The molecule has 0 atom stereocenters. The Morgan fingerprint density at radius 2 is 2.20 bits per heavy atom. The molecule has 0 radical (unpaired) electrons. The van der Waals surface area contributed by atoms with Gasteiger partial charge in [-0.25, -0.2) is 0 Å². The van der Waals surface area contributed by atoms with Crippen LogP contribution in [0, 0.1) is 18.8 Å². The van der Waals surface area contributed by atoms with Crippen LogP contribution in [0.25, 0.3) is 0 Å². The number of Topliss-reactive ketones (excluding diaryl/α,β-unsaturated/α-hetero) is 1. The van der Waals surface area contributed by atoms with Crippen LogP contribution < -0.4 is 0 Å². The topological polar surface area (TPSA) is 17.1 Å². The second-order valence-corrected chi connectivity index (χ2v) is 4.12. The molecule has 2 heteroatoms. The maximum atomic E-state index is 11.8. The molecule has 0 aromatic heterocycles. The fraction of sp³-hybridized carbons (Fsp3) is 0.308. The van der Waals surface area contributed by atoms with E-state index in [9.17, 15) is 4.79 Å². The average molecular weight is 265 g/mol. The SMILES string of the molecule is CC#CCCC(=O)c1cccc(Br)c1C. The van der Waals surface area contributed by atoms with Gasteiger partial charge >= 0.3 is 0 Å². The number of hydrogen-bond donors (Lipinski definition) is 0. The van der Waals surface area contributed by atoms with E-state index in [-0.39, 0.29) is 5.78 Å². The Morgan fingerprint density at radius 1 is 1.47 bits per heavy atom. The highest BCUT2D eigenvalue weighted by Gasteiger charge is 2.09. The molecule has 0 saturated heterocycles. The minimum atomic E-state index is 0.163. The highest BCUT2D eigenvalue weighted by Crippen LogP contribution is 2.20. The Morgan fingerprint density at radius 3 is 2.87 bits per heavy atom. The summed E-state index contributed by atoms with van der Waals surface area (Å²) in [5.41, 5.74) is 1.80. The molecule has 0 spiro atoms. The van der Waals surface area contributed by atoms with Gasteiger partial charge in [-0.1, -0.05) is 28.1 Å². The first-order valence-corrected chi connectivity index (χ1v) is 5.64. The molecule has 1 aromatic rings. The van der Waals surface area contributed by atoms with Gasteiger partial charge in [0.25, 0.3) is 0 Å². The molecule has 0 saturated carbocycles. The molecule has 0 fully saturated rings. The van der Waals surface area contributed by atoms with Crippen LogP contribution >= 0.6 is 15.9 Å². The molecule has 0 unspecified atom stereocenters. The number of carbonyl (C=O) groups excluding carboxylic acids is 1. The Bertz CT molecular complexity index is 424. The highest BCUT2D eigenvalue weighted by atomic mass is 79.9. The molecular formula is C13H13BrO. The van der Waals surface area contributed by atoms with E-state index in [1.807, 2.05) is 25.1 Å². The quantitative estimate of drug-likeness (QED) is 0.601. The molecule has 0 bridgehead atoms. The molecule has 0 aliphatic carbocycles. The predicted octanol–water partition coefficient (Wildman–Crippen LogP) is 3.74. The third kappa shape index (κ3) is 3.21. The fourth-order valence-corrected chi connectivity index (χ4v) is 1.71. The number of carbonyl (C=O) groups is 1. The van der Waals surface area contributed by atoms with Crippen molar-refractivity contribution in [2.24, 2.45) is 0 Å². The van der Waals surface area contributed by atoms with Crippen molar-refractivity contribution in [3.05, 3.63) is 33.8 Å². The first-order valence-electron chi connectivity index (χ1n) is 4.84. The van der Waals surface area contributed by atoms with E-state index in [0.717, 1.165) is 15.6 Å². The van der Waals surface area contributed by atoms with Gasteiger partial charge in [0.15, 0.2) is 5.78 Å². The first kappa shape index (κ1) is 12.0. The number of ketones is 1. The summed E-state index contributed by atoms with van der Waals surface area (Å²) >= 11 is 3.42. The standard InChI is InChI=1S/C13H13BrO/c1-3-4-5-9-13(15)11-7-6-8-12(14)10(11)2/h6-8H,5,9H2,1-2H3. The van der Waals surface area contributed by atoms with Crippen molar-refractivity contribution >= 4 is 21.7 Å². The third-order valence-corrected chi connectivity index (χ3v) is 3.08. The van der Waals surface area contributed by atoms with E-state index in [2.05, 4.69) is 27.8 Å². The van der Waals surface area contributed by atoms with E-state index < -0.39 is 0 Å². The summed E-state index contributed by atoms with van der Waals surface area (Å²) in [5.74, 6) is 5.85. The Labute approximate surface area is 99.0 Å². The lowest BCUT2D eigenvalue weighted by atomic mass is 10.0. The fourth-order valence-electron chi connectivity index (χ4n) is 1.35. The third-order valence-electron chi connectivity index (χ3n) is 2.22. The lowest BCUT2D eigenvalue weighted by Crippen LogP contribution is -2.01. The van der Waals surface area contributed by atoms with E-state index in [4.69, 9.17) is 0 Å². The molecule has 15 heavy (non-hydrogen) atoms. The predicted molar refractivity (Wildman–Crippen MR) is 65.9 cm³/mol. The minimum absolute atomic E-state index is 0.163.